The highest BCUT2D eigenvalue weighted by molar-refractivity contribution is 5.78. The summed E-state index contributed by atoms with van der Waals surface area (Å²) in [6.45, 7) is 0.490. The number of nitrogens with one attached hydrogen (secondary N) is 4. The summed E-state index contributed by atoms with van der Waals surface area (Å²) in [4.78, 5) is 21.8. The molecule has 10 heteroatoms. The fourth-order valence-electron chi connectivity index (χ4n) is 4.48. The average molecular weight is 513 g/mol. The lowest BCUT2D eigenvalue weighted by molar-refractivity contribution is -0.138. The third kappa shape index (κ3) is 7.34. The molecule has 196 valence electrons. The van der Waals surface area contributed by atoms with Gasteiger partial charge in [-0.2, -0.15) is 23.1 Å². The first-order valence-corrected chi connectivity index (χ1v) is 12.4. The molecule has 0 bridgehead atoms. The van der Waals surface area contributed by atoms with Crippen molar-refractivity contribution in [3.8, 4) is 0 Å². The molecular weight excluding hydrogens is 481 g/mol. The molecule has 4 rings (SSSR count). The maximum absolute atomic E-state index is 13.2. The summed E-state index contributed by atoms with van der Waals surface area (Å²) in [7, 11) is 1.80. The van der Waals surface area contributed by atoms with Crippen molar-refractivity contribution >= 4 is 23.5 Å². The van der Waals surface area contributed by atoms with Crippen LogP contribution in [0.3, 0.4) is 0 Å². The van der Waals surface area contributed by atoms with Crippen molar-refractivity contribution in [3.05, 3.63) is 77.4 Å². The minimum atomic E-state index is -4.45. The van der Waals surface area contributed by atoms with E-state index >= 15 is 0 Å². The number of benzene rings is 2. The van der Waals surface area contributed by atoms with Crippen molar-refractivity contribution in [1.29, 1.82) is 0 Å². The molecule has 1 aliphatic rings. The fourth-order valence-corrected chi connectivity index (χ4v) is 4.48. The standard InChI is InChI=1S/C27H31F3N6O/c1-31-23-15-24(32-16-18-7-3-2-4-8-18)36-26(35-23)34-21-13-11-19(12-14-21)25(37)33-17-20-9-5-6-10-22(20)27(28,29)30/h2-10,15,19,21H,11-14,16-17H2,1H3,(H,33,37)(H3,31,32,34,35,36). The maximum atomic E-state index is 13.2. The van der Waals surface area contributed by atoms with Gasteiger partial charge in [-0.15, -0.1) is 0 Å². The second-order valence-corrected chi connectivity index (χ2v) is 9.12. The van der Waals surface area contributed by atoms with E-state index in [9.17, 15) is 18.0 Å². The first-order valence-electron chi connectivity index (χ1n) is 12.4. The zero-order valence-electron chi connectivity index (χ0n) is 20.6. The normalized spacial score (nSPS) is 17.6. The van der Waals surface area contributed by atoms with Gasteiger partial charge in [0, 0.05) is 38.2 Å². The lowest BCUT2D eigenvalue weighted by Crippen LogP contribution is -2.36. The van der Waals surface area contributed by atoms with E-state index in [0.29, 0.717) is 37.0 Å². The predicted molar refractivity (Wildman–Crippen MR) is 138 cm³/mol. The molecule has 0 unspecified atom stereocenters. The Morgan fingerprint density at radius 1 is 0.919 bits per heavy atom. The minimum Gasteiger partial charge on any atom is -0.373 e. The molecule has 1 saturated carbocycles. The van der Waals surface area contributed by atoms with Crippen LogP contribution in [0.25, 0.3) is 0 Å². The van der Waals surface area contributed by atoms with Gasteiger partial charge in [0.25, 0.3) is 0 Å². The fraction of sp³-hybridized carbons (Fsp3) is 0.370. The first-order chi connectivity index (χ1) is 17.8. The quantitative estimate of drug-likeness (QED) is 0.305. The van der Waals surface area contributed by atoms with Gasteiger partial charge in [-0.25, -0.2) is 0 Å². The Bertz CT molecular complexity index is 1180. The van der Waals surface area contributed by atoms with Crippen LogP contribution in [-0.2, 0) is 24.1 Å². The van der Waals surface area contributed by atoms with Crippen molar-refractivity contribution in [1.82, 2.24) is 15.3 Å². The molecule has 0 aliphatic heterocycles. The minimum absolute atomic E-state index is 0.0666. The predicted octanol–water partition coefficient (Wildman–Crippen LogP) is 5.44. The highest BCUT2D eigenvalue weighted by Crippen LogP contribution is 2.32. The van der Waals surface area contributed by atoms with Crippen LogP contribution in [0.4, 0.5) is 30.8 Å². The number of carbonyl (C=O) groups is 1. The van der Waals surface area contributed by atoms with Gasteiger partial charge in [0.05, 0.1) is 5.56 Å². The summed E-state index contributed by atoms with van der Waals surface area (Å²) in [5, 5.41) is 12.4. The molecule has 7 nitrogen and oxygen atoms in total. The van der Waals surface area contributed by atoms with Gasteiger partial charge in [-0.3, -0.25) is 4.79 Å². The molecule has 1 aliphatic carbocycles. The van der Waals surface area contributed by atoms with Gasteiger partial charge >= 0.3 is 6.18 Å². The van der Waals surface area contributed by atoms with Crippen LogP contribution >= 0.6 is 0 Å². The van der Waals surface area contributed by atoms with Crippen LogP contribution in [0.5, 0.6) is 0 Å². The molecule has 1 aromatic heterocycles. The van der Waals surface area contributed by atoms with Gasteiger partial charge < -0.3 is 21.3 Å². The van der Waals surface area contributed by atoms with Crippen molar-refractivity contribution in [2.75, 3.05) is 23.0 Å². The van der Waals surface area contributed by atoms with Crippen molar-refractivity contribution in [2.24, 2.45) is 5.92 Å². The van der Waals surface area contributed by atoms with Gasteiger partial charge in [0.1, 0.15) is 11.6 Å². The van der Waals surface area contributed by atoms with Gasteiger partial charge in [-0.05, 0) is 42.9 Å². The average Bonchev–Trinajstić information content (AvgIpc) is 2.91. The van der Waals surface area contributed by atoms with E-state index in [1.807, 2.05) is 36.4 Å². The van der Waals surface area contributed by atoms with Crippen LogP contribution in [0.1, 0.15) is 42.4 Å². The van der Waals surface area contributed by atoms with E-state index < -0.39 is 11.7 Å². The van der Waals surface area contributed by atoms with E-state index in [1.165, 1.54) is 12.1 Å². The van der Waals surface area contributed by atoms with Crippen LogP contribution in [0.15, 0.2) is 60.7 Å². The molecule has 37 heavy (non-hydrogen) atoms. The number of amides is 1. The zero-order valence-corrected chi connectivity index (χ0v) is 20.6. The van der Waals surface area contributed by atoms with Crippen molar-refractivity contribution in [2.45, 2.75) is 51.0 Å². The van der Waals surface area contributed by atoms with Crippen LogP contribution in [0.2, 0.25) is 0 Å². The number of nitrogens with zero attached hydrogens (tertiary/aromatic N) is 2. The van der Waals surface area contributed by atoms with Gasteiger partial charge in [0.15, 0.2) is 0 Å². The Balaban J connectivity index is 1.29. The largest absolute Gasteiger partial charge is 0.416 e. The number of alkyl halides is 3. The molecule has 3 aromatic rings. The monoisotopic (exact) mass is 512 g/mol. The molecule has 0 saturated heterocycles. The van der Waals surface area contributed by atoms with Gasteiger partial charge in [0.2, 0.25) is 11.9 Å². The molecule has 0 atom stereocenters. The number of rotatable bonds is 9. The second-order valence-electron chi connectivity index (χ2n) is 9.12. The Hall–Kier alpha value is -3.82. The molecule has 0 spiro atoms. The number of anilines is 3. The first kappa shape index (κ1) is 26.2. The number of aromatic nitrogens is 2. The maximum Gasteiger partial charge on any atom is 0.416 e. The van der Waals surface area contributed by atoms with E-state index in [1.54, 1.807) is 13.1 Å². The molecule has 2 aromatic carbocycles. The second kappa shape index (κ2) is 11.9. The highest BCUT2D eigenvalue weighted by Gasteiger charge is 2.33. The Morgan fingerprint density at radius 3 is 2.30 bits per heavy atom. The summed E-state index contributed by atoms with van der Waals surface area (Å²) >= 11 is 0. The number of hydrogen-bond acceptors (Lipinski definition) is 6. The lowest BCUT2D eigenvalue weighted by Gasteiger charge is -2.28. The summed E-state index contributed by atoms with van der Waals surface area (Å²) < 4.78 is 39.6. The van der Waals surface area contributed by atoms with Crippen molar-refractivity contribution < 1.29 is 18.0 Å². The summed E-state index contributed by atoms with van der Waals surface area (Å²) in [6.07, 6.45) is -1.71. The van der Waals surface area contributed by atoms with E-state index in [0.717, 1.165) is 24.5 Å². The third-order valence-electron chi connectivity index (χ3n) is 6.51. The Morgan fingerprint density at radius 2 is 1.59 bits per heavy atom. The van der Waals surface area contributed by atoms with Crippen molar-refractivity contribution in [3.63, 3.8) is 0 Å². The van der Waals surface area contributed by atoms with Crippen LogP contribution in [-0.4, -0.2) is 29.0 Å². The number of hydrogen-bond donors (Lipinski definition) is 4. The van der Waals surface area contributed by atoms with E-state index in [-0.39, 0.29) is 30.0 Å². The van der Waals surface area contributed by atoms with Crippen LogP contribution in [0, 0.1) is 5.92 Å². The molecule has 1 fully saturated rings. The number of halogens is 3. The summed E-state index contributed by atoms with van der Waals surface area (Å²) in [5.41, 5.74) is 0.488. The molecule has 4 N–H and O–H groups in total. The zero-order chi connectivity index (χ0) is 26.3. The smallest absolute Gasteiger partial charge is 0.373 e. The van der Waals surface area contributed by atoms with E-state index in [4.69, 9.17) is 0 Å². The highest BCUT2D eigenvalue weighted by atomic mass is 19.4. The van der Waals surface area contributed by atoms with Gasteiger partial charge in [-0.1, -0.05) is 48.5 Å². The SMILES string of the molecule is CNc1cc(NCc2ccccc2)nc(NC2CCC(C(=O)NCc3ccccc3C(F)(F)F)CC2)n1. The molecule has 1 heterocycles. The third-order valence-corrected chi connectivity index (χ3v) is 6.51. The molecule has 1 amide bonds. The summed E-state index contributed by atoms with van der Waals surface area (Å²) in [6, 6.07) is 17.3. The summed E-state index contributed by atoms with van der Waals surface area (Å²) in [5.74, 6) is 1.43. The van der Waals surface area contributed by atoms with Crippen LogP contribution < -0.4 is 21.3 Å². The number of carbonyl (C=O) groups excluding carboxylic acids is 1. The molecule has 0 radical (unpaired) electrons. The lowest BCUT2D eigenvalue weighted by atomic mass is 9.85. The molecular formula is C27H31F3N6O. The topological polar surface area (TPSA) is 91.0 Å². The Labute approximate surface area is 214 Å². The Kier molecular flexibility index (Phi) is 8.47. The van der Waals surface area contributed by atoms with E-state index in [2.05, 4.69) is 31.2 Å².